The van der Waals surface area contributed by atoms with Crippen molar-refractivity contribution in [3.8, 4) is 11.5 Å². The number of carbonyl (C=O) groups excluding carboxylic acids is 1. The zero-order valence-corrected chi connectivity index (χ0v) is 13.2. The molecule has 1 aromatic carbocycles. The van der Waals surface area contributed by atoms with Crippen molar-refractivity contribution in [1.82, 2.24) is 4.98 Å². The second kappa shape index (κ2) is 6.77. The van der Waals surface area contributed by atoms with Crippen molar-refractivity contribution in [2.45, 2.75) is 13.1 Å². The number of halogens is 3. The van der Waals surface area contributed by atoms with E-state index in [1.54, 1.807) is 18.2 Å². The number of methoxy groups -OCH3 is 2. The van der Waals surface area contributed by atoms with E-state index in [1.807, 2.05) is 0 Å². The average Bonchev–Trinajstić information content (AvgIpc) is 2.53. The lowest BCUT2D eigenvalue weighted by atomic mass is 10.1. The lowest BCUT2D eigenvalue weighted by Crippen LogP contribution is -2.16. The van der Waals surface area contributed by atoms with Gasteiger partial charge in [0.05, 0.1) is 25.5 Å². The van der Waals surface area contributed by atoms with Gasteiger partial charge in [-0.3, -0.25) is 4.79 Å². The smallest absolute Gasteiger partial charge is 0.433 e. The minimum Gasteiger partial charge on any atom is -0.497 e. The highest BCUT2D eigenvalue weighted by Gasteiger charge is 2.33. The number of anilines is 1. The maximum Gasteiger partial charge on any atom is 0.433 e. The first kappa shape index (κ1) is 17.6. The minimum absolute atomic E-state index is 0.0165. The van der Waals surface area contributed by atoms with Gasteiger partial charge in [-0.15, -0.1) is 0 Å². The molecule has 1 amide bonds. The molecular weight excluding hydrogens is 325 g/mol. The molecule has 0 aliphatic heterocycles. The van der Waals surface area contributed by atoms with Crippen LogP contribution in [0.4, 0.5) is 18.9 Å². The summed E-state index contributed by atoms with van der Waals surface area (Å²) in [6.45, 7) is 1.34. The fraction of sp³-hybridized carbons (Fsp3) is 0.250. The molecule has 128 valence electrons. The number of aromatic nitrogens is 1. The second-order valence-corrected chi connectivity index (χ2v) is 4.88. The van der Waals surface area contributed by atoms with Gasteiger partial charge in [0, 0.05) is 23.9 Å². The van der Waals surface area contributed by atoms with Crippen LogP contribution in [0.25, 0.3) is 0 Å². The third kappa shape index (κ3) is 3.95. The molecule has 0 spiro atoms. The number of nitrogens with zero attached hydrogens (tertiary/aromatic N) is 1. The van der Waals surface area contributed by atoms with Gasteiger partial charge in [0.1, 0.15) is 17.2 Å². The van der Waals surface area contributed by atoms with E-state index in [1.165, 1.54) is 21.1 Å². The fourth-order valence-corrected chi connectivity index (χ4v) is 2.04. The van der Waals surface area contributed by atoms with Crippen molar-refractivity contribution < 1.29 is 27.4 Å². The van der Waals surface area contributed by atoms with E-state index in [-0.39, 0.29) is 11.3 Å². The normalized spacial score (nSPS) is 11.1. The van der Waals surface area contributed by atoms with Crippen molar-refractivity contribution in [2.24, 2.45) is 0 Å². The van der Waals surface area contributed by atoms with Crippen molar-refractivity contribution in [3.05, 3.63) is 47.3 Å². The summed E-state index contributed by atoms with van der Waals surface area (Å²) in [6, 6.07) is 6.62. The molecule has 0 fully saturated rings. The van der Waals surface area contributed by atoms with E-state index in [0.29, 0.717) is 17.2 Å². The largest absolute Gasteiger partial charge is 0.497 e. The lowest BCUT2D eigenvalue weighted by Gasteiger charge is -2.12. The highest BCUT2D eigenvalue weighted by Crippen LogP contribution is 2.29. The van der Waals surface area contributed by atoms with Gasteiger partial charge in [-0.2, -0.15) is 13.2 Å². The molecule has 1 heterocycles. The Bertz CT molecular complexity index is 738. The van der Waals surface area contributed by atoms with Crippen molar-refractivity contribution in [1.29, 1.82) is 0 Å². The molecule has 2 rings (SSSR count). The van der Waals surface area contributed by atoms with Gasteiger partial charge >= 0.3 is 6.18 Å². The molecule has 0 aliphatic rings. The molecule has 0 saturated heterocycles. The minimum atomic E-state index is -4.56. The Morgan fingerprint density at radius 3 is 2.12 bits per heavy atom. The first-order valence-corrected chi connectivity index (χ1v) is 6.84. The van der Waals surface area contributed by atoms with E-state index in [4.69, 9.17) is 9.47 Å². The number of hydrogen-bond donors (Lipinski definition) is 1. The number of pyridine rings is 1. The van der Waals surface area contributed by atoms with Crippen LogP contribution in [0, 0.1) is 6.92 Å². The molecule has 0 bridgehead atoms. The number of nitrogens with one attached hydrogen (secondary N) is 1. The van der Waals surface area contributed by atoms with Gasteiger partial charge < -0.3 is 14.8 Å². The Hall–Kier alpha value is -2.77. The summed E-state index contributed by atoms with van der Waals surface area (Å²) < 4.78 is 48.1. The van der Waals surface area contributed by atoms with Gasteiger partial charge in [-0.05, 0) is 19.1 Å². The van der Waals surface area contributed by atoms with Crippen LogP contribution >= 0.6 is 0 Å². The number of hydrogen-bond acceptors (Lipinski definition) is 4. The van der Waals surface area contributed by atoms with Crippen LogP contribution in [-0.2, 0) is 6.18 Å². The Balaban J connectivity index is 2.27. The van der Waals surface area contributed by atoms with Crippen LogP contribution in [0.5, 0.6) is 11.5 Å². The Morgan fingerprint density at radius 1 is 1.08 bits per heavy atom. The highest BCUT2D eigenvalue weighted by molar-refractivity contribution is 6.05. The van der Waals surface area contributed by atoms with Crippen molar-refractivity contribution in [3.63, 3.8) is 0 Å². The van der Waals surface area contributed by atoms with Gasteiger partial charge in [0.25, 0.3) is 5.91 Å². The molecule has 2 aromatic rings. The molecule has 1 N–H and O–H groups in total. The number of aryl methyl sites for hydroxylation is 1. The van der Waals surface area contributed by atoms with Gasteiger partial charge in [-0.1, -0.05) is 0 Å². The monoisotopic (exact) mass is 340 g/mol. The first-order chi connectivity index (χ1) is 11.2. The molecule has 8 heteroatoms. The van der Waals surface area contributed by atoms with E-state index < -0.39 is 17.8 Å². The second-order valence-electron chi connectivity index (χ2n) is 4.88. The number of benzene rings is 1. The van der Waals surface area contributed by atoms with Crippen LogP contribution in [-0.4, -0.2) is 25.1 Å². The van der Waals surface area contributed by atoms with Crippen molar-refractivity contribution in [2.75, 3.05) is 19.5 Å². The van der Waals surface area contributed by atoms with Crippen molar-refractivity contribution >= 4 is 11.6 Å². The fourth-order valence-electron chi connectivity index (χ4n) is 2.04. The number of ether oxygens (including phenoxy) is 2. The van der Waals surface area contributed by atoms with Gasteiger partial charge in [-0.25, -0.2) is 4.98 Å². The quantitative estimate of drug-likeness (QED) is 0.922. The van der Waals surface area contributed by atoms with Crippen LogP contribution in [0.2, 0.25) is 0 Å². The standard InChI is InChI=1S/C16H15F3N2O3/c1-9-13(4-5-14(20-9)16(17,18)19)15(22)21-10-6-11(23-2)8-12(7-10)24-3/h4-8H,1-3H3,(H,21,22). The van der Waals surface area contributed by atoms with E-state index in [0.717, 1.165) is 12.1 Å². The van der Waals surface area contributed by atoms with Crippen LogP contribution in [0.3, 0.4) is 0 Å². The number of amides is 1. The summed E-state index contributed by atoms with van der Waals surface area (Å²) in [7, 11) is 2.93. The van der Waals surface area contributed by atoms with Crippen LogP contribution in [0.15, 0.2) is 30.3 Å². The Kier molecular flexibility index (Phi) is 4.96. The molecule has 1 aromatic heterocycles. The Labute approximate surface area is 136 Å². The zero-order valence-electron chi connectivity index (χ0n) is 13.2. The summed E-state index contributed by atoms with van der Waals surface area (Å²) in [4.78, 5) is 15.7. The summed E-state index contributed by atoms with van der Waals surface area (Å²) >= 11 is 0. The molecule has 0 radical (unpaired) electrons. The maximum absolute atomic E-state index is 12.6. The SMILES string of the molecule is COc1cc(NC(=O)c2ccc(C(F)(F)F)nc2C)cc(OC)c1. The topological polar surface area (TPSA) is 60.5 Å². The molecule has 0 atom stereocenters. The summed E-state index contributed by atoms with van der Waals surface area (Å²) in [5.74, 6) is 0.350. The lowest BCUT2D eigenvalue weighted by molar-refractivity contribution is -0.141. The number of carbonyl (C=O) groups is 1. The Morgan fingerprint density at radius 2 is 1.67 bits per heavy atom. The molecule has 24 heavy (non-hydrogen) atoms. The molecule has 0 saturated carbocycles. The van der Waals surface area contributed by atoms with E-state index in [2.05, 4.69) is 10.3 Å². The summed E-state index contributed by atoms with van der Waals surface area (Å²) in [5, 5.41) is 2.59. The molecule has 0 unspecified atom stereocenters. The highest BCUT2D eigenvalue weighted by atomic mass is 19.4. The zero-order chi connectivity index (χ0) is 17.9. The number of rotatable bonds is 4. The third-order valence-electron chi connectivity index (χ3n) is 3.23. The molecular formula is C16H15F3N2O3. The average molecular weight is 340 g/mol. The molecule has 0 aliphatic carbocycles. The summed E-state index contributed by atoms with van der Waals surface area (Å²) in [6.07, 6.45) is -4.56. The van der Waals surface area contributed by atoms with Gasteiger partial charge in [0.2, 0.25) is 0 Å². The van der Waals surface area contributed by atoms with E-state index in [9.17, 15) is 18.0 Å². The number of alkyl halides is 3. The maximum atomic E-state index is 12.6. The van der Waals surface area contributed by atoms with Gasteiger partial charge in [0.15, 0.2) is 0 Å². The summed E-state index contributed by atoms with van der Waals surface area (Å²) in [5.41, 5.74) is -0.628. The molecule has 5 nitrogen and oxygen atoms in total. The predicted octanol–water partition coefficient (Wildman–Crippen LogP) is 3.68. The van der Waals surface area contributed by atoms with Crippen LogP contribution in [0.1, 0.15) is 21.7 Å². The third-order valence-corrected chi connectivity index (χ3v) is 3.23. The van der Waals surface area contributed by atoms with E-state index >= 15 is 0 Å². The predicted molar refractivity (Wildman–Crippen MR) is 81.5 cm³/mol. The van der Waals surface area contributed by atoms with Crippen LogP contribution < -0.4 is 14.8 Å². The first-order valence-electron chi connectivity index (χ1n) is 6.84.